The number of allylic oxidation sites excluding steroid dienone is 1. The van der Waals surface area contributed by atoms with Gasteiger partial charge in [-0.15, -0.1) is 0 Å². The number of nitro groups is 1. The van der Waals surface area contributed by atoms with Gasteiger partial charge in [0.25, 0.3) is 27.5 Å². The maximum atomic E-state index is 14.2. The summed E-state index contributed by atoms with van der Waals surface area (Å²) in [5.41, 5.74) is 7.29. The zero-order valence-electron chi connectivity index (χ0n) is 51.1. The summed E-state index contributed by atoms with van der Waals surface area (Å²) in [6.45, 7) is 13.5. The van der Waals surface area contributed by atoms with E-state index >= 15 is 0 Å². The number of nitrogens with zero attached hydrogens (tertiary/aromatic N) is 6. The van der Waals surface area contributed by atoms with E-state index in [9.17, 15) is 37.7 Å². The van der Waals surface area contributed by atoms with Crippen LogP contribution in [0.4, 0.5) is 17.1 Å². The molecule has 0 radical (unpaired) electrons. The number of aromatic amines is 1. The molecule has 1 aliphatic carbocycles. The number of piperidine rings is 2. The zero-order valence-corrected chi connectivity index (χ0v) is 52.7. The number of aromatic nitrogens is 2. The molecule has 3 fully saturated rings. The fraction of sp³-hybridized carbons (Fsp3) is 0.418. The summed E-state index contributed by atoms with van der Waals surface area (Å²) in [5.74, 6) is 4.64. The number of nitro benzene ring substituents is 1. The van der Waals surface area contributed by atoms with Crippen LogP contribution in [0.5, 0.6) is 11.5 Å². The number of piperazine rings is 1. The average molecular weight is 1280 g/mol. The van der Waals surface area contributed by atoms with Crippen molar-refractivity contribution in [2.45, 2.75) is 76.3 Å². The van der Waals surface area contributed by atoms with E-state index in [4.69, 9.17) is 30.5 Å². The normalized spacial score (nSPS) is 18.8. The Bertz CT molecular complexity index is 3910. The molecular weight excluding hydrogens is 1200 g/mol. The van der Waals surface area contributed by atoms with Crippen LogP contribution in [0.25, 0.3) is 16.6 Å². The van der Waals surface area contributed by atoms with Gasteiger partial charge in [-0.2, -0.15) is 0 Å². The molecule has 2 aromatic heterocycles. The Labute approximate surface area is 534 Å². The Morgan fingerprint density at radius 3 is 2.47 bits per heavy atom. The molecule has 2 unspecified atom stereocenters. The Balaban J connectivity index is 0.631. The summed E-state index contributed by atoms with van der Waals surface area (Å²) in [5, 5.41) is 19.5. The third-order valence-corrected chi connectivity index (χ3v) is 19.1. The first-order chi connectivity index (χ1) is 43.9. The van der Waals surface area contributed by atoms with Crippen LogP contribution in [0.3, 0.4) is 0 Å². The lowest BCUT2D eigenvalue weighted by molar-refractivity contribution is -0.384. The molecule has 5 aliphatic rings. The molecule has 91 heavy (non-hydrogen) atoms. The summed E-state index contributed by atoms with van der Waals surface area (Å²) < 4.78 is 53.7. The molecule has 22 nitrogen and oxygen atoms in total. The highest BCUT2D eigenvalue weighted by molar-refractivity contribution is 7.90. The van der Waals surface area contributed by atoms with E-state index in [1.807, 2.05) is 24.3 Å². The lowest BCUT2D eigenvalue weighted by Gasteiger charge is -2.39. The van der Waals surface area contributed by atoms with Gasteiger partial charge >= 0.3 is 0 Å². The van der Waals surface area contributed by atoms with E-state index in [1.54, 1.807) is 36.5 Å². The van der Waals surface area contributed by atoms with E-state index in [1.165, 1.54) is 46.0 Å². The molecular formula is C67H75ClN10O12S. The van der Waals surface area contributed by atoms with E-state index in [0.717, 1.165) is 87.5 Å². The van der Waals surface area contributed by atoms with E-state index in [2.05, 4.69) is 77.8 Å². The summed E-state index contributed by atoms with van der Waals surface area (Å²) in [7, 11) is -4.64. The Morgan fingerprint density at radius 1 is 0.890 bits per heavy atom. The van der Waals surface area contributed by atoms with Crippen LogP contribution in [0.1, 0.15) is 96.2 Å². The molecule has 4 aromatic carbocycles. The van der Waals surface area contributed by atoms with Gasteiger partial charge in [-0.25, -0.2) is 18.1 Å². The first kappa shape index (κ1) is 64.3. The van der Waals surface area contributed by atoms with Crippen molar-refractivity contribution >= 4 is 78.9 Å². The van der Waals surface area contributed by atoms with Gasteiger partial charge in [-0.05, 0) is 134 Å². The predicted octanol–water partition coefficient (Wildman–Crippen LogP) is 8.81. The molecule has 6 aromatic rings. The van der Waals surface area contributed by atoms with Crippen molar-refractivity contribution in [2.75, 3.05) is 109 Å². The number of nitrogens with one attached hydrogen (secondary N) is 4. The number of hydrogen-bond donors (Lipinski definition) is 4. The van der Waals surface area contributed by atoms with Gasteiger partial charge in [0.1, 0.15) is 35.5 Å². The topological polar surface area (TPSA) is 260 Å². The minimum atomic E-state index is -4.64. The van der Waals surface area contributed by atoms with Crippen molar-refractivity contribution in [1.82, 2.24) is 34.7 Å². The molecule has 0 spiro atoms. The molecule has 3 saturated heterocycles. The highest BCUT2D eigenvalue weighted by Crippen LogP contribution is 2.44. The lowest BCUT2D eigenvalue weighted by atomic mass is 9.72. The number of anilines is 2. The maximum absolute atomic E-state index is 14.2. The Kier molecular flexibility index (Phi) is 20.5. The van der Waals surface area contributed by atoms with Crippen LogP contribution in [0, 0.1) is 33.3 Å². The number of pyridine rings is 1. The van der Waals surface area contributed by atoms with Gasteiger partial charge in [-0.3, -0.25) is 39.5 Å². The number of imide groups is 1. The van der Waals surface area contributed by atoms with Gasteiger partial charge in [0, 0.05) is 111 Å². The number of rotatable bonds is 24. The number of hydrogen-bond acceptors (Lipinski definition) is 17. The van der Waals surface area contributed by atoms with Crippen LogP contribution in [-0.2, 0) is 40.4 Å². The minimum Gasteiger partial charge on any atom is -0.455 e. The first-order valence-corrected chi connectivity index (χ1v) is 32.8. The van der Waals surface area contributed by atoms with Crippen molar-refractivity contribution in [3.63, 3.8) is 0 Å². The Morgan fingerprint density at radius 2 is 1.68 bits per heavy atom. The second kappa shape index (κ2) is 29.0. The van der Waals surface area contributed by atoms with Crippen molar-refractivity contribution in [1.29, 1.82) is 0 Å². The van der Waals surface area contributed by atoms with Crippen molar-refractivity contribution in [2.24, 2.45) is 11.3 Å². The van der Waals surface area contributed by atoms with E-state index in [-0.39, 0.29) is 66.1 Å². The monoisotopic (exact) mass is 1280 g/mol. The number of benzene rings is 4. The lowest BCUT2D eigenvalue weighted by Crippen LogP contribution is -2.52. The van der Waals surface area contributed by atoms with Crippen LogP contribution in [0.2, 0.25) is 5.02 Å². The second-order valence-corrected chi connectivity index (χ2v) is 26.6. The predicted molar refractivity (Wildman–Crippen MR) is 344 cm³/mol. The van der Waals surface area contributed by atoms with E-state index < -0.39 is 43.4 Å². The number of ether oxygens (including phenoxy) is 4. The van der Waals surface area contributed by atoms with Crippen LogP contribution < -0.4 is 25.0 Å². The minimum absolute atomic E-state index is 0.0610. The number of sulfonamides is 1. The number of likely N-dealkylation sites (tertiary alicyclic amines) is 1. The molecule has 11 rings (SSSR count). The van der Waals surface area contributed by atoms with Gasteiger partial charge < -0.3 is 43.9 Å². The summed E-state index contributed by atoms with van der Waals surface area (Å²) >= 11 is 6.27. The molecule has 0 saturated carbocycles. The summed E-state index contributed by atoms with van der Waals surface area (Å²) in [6.07, 6.45) is 8.70. The molecule has 2 atom stereocenters. The molecule has 0 bridgehead atoms. The quantitative estimate of drug-likeness (QED) is 0.0145. The van der Waals surface area contributed by atoms with E-state index in [0.29, 0.717) is 86.8 Å². The van der Waals surface area contributed by atoms with Gasteiger partial charge in [0.15, 0.2) is 0 Å². The van der Waals surface area contributed by atoms with Crippen LogP contribution >= 0.6 is 11.6 Å². The van der Waals surface area contributed by atoms with Crippen LogP contribution in [-0.4, -0.2) is 166 Å². The average Bonchev–Trinajstić information content (AvgIpc) is 1.78. The van der Waals surface area contributed by atoms with Crippen molar-refractivity contribution in [3.8, 4) is 23.3 Å². The number of carbonyl (C=O) groups excluding carboxylic acids is 4. The summed E-state index contributed by atoms with van der Waals surface area (Å²) in [6, 6.07) is 25.0. The van der Waals surface area contributed by atoms with Crippen molar-refractivity contribution < 1.29 is 51.5 Å². The highest BCUT2D eigenvalue weighted by atomic mass is 35.5. The molecule has 4 aliphatic heterocycles. The third kappa shape index (κ3) is 16.1. The fourth-order valence-electron chi connectivity index (χ4n) is 12.6. The molecule has 24 heteroatoms. The van der Waals surface area contributed by atoms with Gasteiger partial charge in [-0.1, -0.05) is 61.1 Å². The molecule has 4 N–H and O–H groups in total. The van der Waals surface area contributed by atoms with Crippen LogP contribution in [0.15, 0.2) is 114 Å². The third-order valence-electron chi connectivity index (χ3n) is 17.5. The van der Waals surface area contributed by atoms with Gasteiger partial charge in [0.05, 0.1) is 54.6 Å². The molecule has 4 amide bonds. The van der Waals surface area contributed by atoms with Crippen molar-refractivity contribution in [3.05, 3.63) is 152 Å². The Hall–Kier alpha value is -8.21. The standard InChI is InChI=1S/C67H75ClN10O12S/c1-67(2)22-20-49(56(39-67)47-10-12-50(68)13-11-47)43-75-25-27-76(28-26-75)51-14-16-55(61(37-51)90-52-36-48-21-23-69-63(48)71-41-52)64(80)73-91(85,86)53-15-17-58(60(38-53)78(83)84)70-40-45-6-4-24-74(42-45)29-31-88-33-35-89-34-32-87-30-5-8-46-7-3-9-54-57(46)44-77(66(54)82)59-18-19-62(79)72-65(59)81/h3,7,9-17,21,23,36-38,41,45,59,70H,4,6,18-20,22,24-35,39-40,42-44H2,1-2H3,(H,69,71)(H,73,80)(H,72,79,81). The molecule has 6 heterocycles. The number of fused-ring (bicyclic) bond motifs is 2. The second-order valence-electron chi connectivity index (χ2n) is 24.4. The SMILES string of the molecule is CC1(C)CCC(CN2CCN(c3ccc(C(=O)NS(=O)(=O)c4ccc(NCC5CCCN(CCOCCOCCOCC#Cc6cccc7c6CN(C6CCC(=O)NC6=O)C7=O)C5)c([N+](=O)[O-])c4)c(Oc4cnc5[nH]ccc5c4)c3)CC2)=C(c2ccc(Cl)cc2)C1. The smallest absolute Gasteiger partial charge is 0.293 e. The van der Waals surface area contributed by atoms with Gasteiger partial charge in [0.2, 0.25) is 11.8 Å². The maximum Gasteiger partial charge on any atom is 0.293 e. The highest BCUT2D eigenvalue weighted by Gasteiger charge is 2.40. The fourth-order valence-corrected chi connectivity index (χ4v) is 13.7. The zero-order chi connectivity index (χ0) is 63.7. The number of halogens is 1. The molecule has 478 valence electrons. The number of amides is 4. The number of carbonyl (C=O) groups is 4. The first-order valence-electron chi connectivity index (χ1n) is 30.9. The number of H-pyrrole nitrogens is 1. The summed E-state index contributed by atoms with van der Waals surface area (Å²) in [4.78, 5) is 78.8. The largest absolute Gasteiger partial charge is 0.455 e.